The summed E-state index contributed by atoms with van der Waals surface area (Å²) < 4.78 is 5.41. The average molecular weight is 339 g/mol. The van der Waals surface area contributed by atoms with Crippen molar-refractivity contribution in [2.24, 2.45) is 0 Å². The summed E-state index contributed by atoms with van der Waals surface area (Å²) in [4.78, 5) is 2.49. The Labute approximate surface area is 151 Å². The maximum atomic E-state index is 11.0. The van der Waals surface area contributed by atoms with Crippen molar-refractivity contribution in [1.82, 2.24) is 4.90 Å². The molecule has 3 rings (SSSR count). The smallest absolute Gasteiger partial charge is 0.119 e. The molecular weight excluding hydrogens is 310 g/mol. The molecule has 1 N–H and O–H groups in total. The number of hydrogen-bond donors (Lipinski definition) is 1. The van der Waals surface area contributed by atoms with Crippen molar-refractivity contribution < 1.29 is 9.84 Å². The molecule has 3 heteroatoms. The Morgan fingerprint density at radius 2 is 1.72 bits per heavy atom. The summed E-state index contributed by atoms with van der Waals surface area (Å²) in [6, 6.07) is 18.8. The van der Waals surface area contributed by atoms with E-state index >= 15 is 0 Å². The first kappa shape index (κ1) is 18.0. The van der Waals surface area contributed by atoms with Gasteiger partial charge < -0.3 is 9.84 Å². The Morgan fingerprint density at radius 3 is 2.32 bits per heavy atom. The fourth-order valence-corrected chi connectivity index (χ4v) is 4.11. The van der Waals surface area contributed by atoms with E-state index in [0.29, 0.717) is 0 Å². The molecule has 3 nitrogen and oxygen atoms in total. The van der Waals surface area contributed by atoms with E-state index in [-0.39, 0.29) is 5.41 Å². The van der Waals surface area contributed by atoms with Gasteiger partial charge in [-0.05, 0) is 63.0 Å². The molecule has 1 heterocycles. The number of ether oxygens (including phenoxy) is 1. The van der Waals surface area contributed by atoms with Gasteiger partial charge in [0.25, 0.3) is 0 Å². The van der Waals surface area contributed by atoms with Crippen molar-refractivity contribution in [3.8, 4) is 5.75 Å². The van der Waals surface area contributed by atoms with Crippen LogP contribution < -0.4 is 4.74 Å². The van der Waals surface area contributed by atoms with E-state index in [1.54, 1.807) is 7.11 Å². The van der Waals surface area contributed by atoms with E-state index in [2.05, 4.69) is 47.4 Å². The Hall–Kier alpha value is -1.84. The van der Waals surface area contributed by atoms with E-state index in [1.807, 2.05) is 26.0 Å². The minimum atomic E-state index is -0.780. The van der Waals surface area contributed by atoms with E-state index in [4.69, 9.17) is 4.74 Å². The Balaban J connectivity index is 1.80. The number of aliphatic hydroxyl groups is 1. The van der Waals surface area contributed by atoms with Crippen molar-refractivity contribution in [3.05, 3.63) is 65.7 Å². The molecule has 1 aliphatic heterocycles. The van der Waals surface area contributed by atoms with Crippen molar-refractivity contribution in [2.75, 3.05) is 20.2 Å². The molecular formula is C22H29NO2. The molecule has 1 saturated heterocycles. The minimum Gasteiger partial charge on any atom is -0.497 e. The summed E-state index contributed by atoms with van der Waals surface area (Å²) in [6.07, 6.45) is 1.88. The van der Waals surface area contributed by atoms with E-state index in [9.17, 15) is 5.11 Å². The Morgan fingerprint density at radius 1 is 1.04 bits per heavy atom. The molecule has 25 heavy (non-hydrogen) atoms. The van der Waals surface area contributed by atoms with Gasteiger partial charge in [0, 0.05) is 12.0 Å². The third-order valence-electron chi connectivity index (χ3n) is 5.75. The van der Waals surface area contributed by atoms with Crippen LogP contribution in [0.2, 0.25) is 0 Å². The van der Waals surface area contributed by atoms with Crippen LogP contribution >= 0.6 is 0 Å². The predicted molar refractivity (Wildman–Crippen MR) is 102 cm³/mol. The summed E-state index contributed by atoms with van der Waals surface area (Å²) >= 11 is 0. The highest BCUT2D eigenvalue weighted by Gasteiger charge is 2.47. The molecule has 0 spiro atoms. The normalized spacial score (nSPS) is 18.1. The van der Waals surface area contributed by atoms with E-state index in [1.165, 1.54) is 11.1 Å². The minimum absolute atomic E-state index is 0.241. The number of benzene rings is 2. The molecule has 0 aliphatic carbocycles. The molecule has 0 aromatic heterocycles. The van der Waals surface area contributed by atoms with E-state index < -0.39 is 5.60 Å². The fraction of sp³-hybridized carbons (Fsp3) is 0.455. The first-order chi connectivity index (χ1) is 11.9. The lowest BCUT2D eigenvalue weighted by Crippen LogP contribution is -2.54. The summed E-state index contributed by atoms with van der Waals surface area (Å²) in [6.45, 7) is 6.83. The third kappa shape index (κ3) is 3.73. The summed E-state index contributed by atoms with van der Waals surface area (Å²) in [5.41, 5.74) is 1.51. The first-order valence-corrected chi connectivity index (χ1v) is 9.08. The fourth-order valence-electron chi connectivity index (χ4n) is 4.11. The molecule has 0 unspecified atom stereocenters. The zero-order valence-corrected chi connectivity index (χ0v) is 15.5. The molecule has 0 amide bonds. The zero-order chi connectivity index (χ0) is 17.9. The van der Waals surface area contributed by atoms with Crippen molar-refractivity contribution in [3.63, 3.8) is 0 Å². The van der Waals surface area contributed by atoms with Gasteiger partial charge in [-0.1, -0.05) is 42.5 Å². The molecule has 1 aliphatic rings. The second-order valence-corrected chi connectivity index (χ2v) is 7.63. The number of hydrogen-bond acceptors (Lipinski definition) is 3. The second-order valence-electron chi connectivity index (χ2n) is 7.63. The van der Waals surface area contributed by atoms with Gasteiger partial charge in [0.1, 0.15) is 5.75 Å². The van der Waals surface area contributed by atoms with Gasteiger partial charge in [-0.3, -0.25) is 4.90 Å². The molecule has 0 bridgehead atoms. The maximum absolute atomic E-state index is 11.0. The SMILES string of the molecule is COc1cccc(C2(C(C)(C)O)CCN(Cc3ccccc3)CC2)c1. The Kier molecular flexibility index (Phi) is 5.16. The van der Waals surface area contributed by atoms with Crippen LogP contribution in [0.1, 0.15) is 37.8 Å². The van der Waals surface area contributed by atoms with Crippen LogP contribution in [-0.2, 0) is 12.0 Å². The van der Waals surface area contributed by atoms with Crippen LogP contribution in [0.5, 0.6) is 5.75 Å². The topological polar surface area (TPSA) is 32.7 Å². The number of likely N-dealkylation sites (tertiary alicyclic amines) is 1. The molecule has 2 aromatic carbocycles. The largest absolute Gasteiger partial charge is 0.497 e. The van der Waals surface area contributed by atoms with Crippen LogP contribution in [-0.4, -0.2) is 35.8 Å². The maximum Gasteiger partial charge on any atom is 0.119 e. The van der Waals surface area contributed by atoms with Gasteiger partial charge in [0.2, 0.25) is 0 Å². The van der Waals surface area contributed by atoms with Crippen LogP contribution in [0.25, 0.3) is 0 Å². The highest BCUT2D eigenvalue weighted by Crippen LogP contribution is 2.45. The quantitative estimate of drug-likeness (QED) is 0.894. The zero-order valence-electron chi connectivity index (χ0n) is 15.5. The lowest BCUT2D eigenvalue weighted by molar-refractivity contribution is -0.0402. The molecule has 0 saturated carbocycles. The van der Waals surface area contributed by atoms with Gasteiger partial charge in [-0.2, -0.15) is 0 Å². The van der Waals surface area contributed by atoms with Gasteiger partial charge in [0.15, 0.2) is 0 Å². The predicted octanol–water partition coefficient (Wildman–Crippen LogP) is 4.00. The molecule has 2 aromatic rings. The number of methoxy groups -OCH3 is 1. The van der Waals surface area contributed by atoms with Crippen LogP contribution in [0, 0.1) is 0 Å². The van der Waals surface area contributed by atoms with Gasteiger partial charge in [-0.15, -0.1) is 0 Å². The van der Waals surface area contributed by atoms with Crippen LogP contribution in [0.4, 0.5) is 0 Å². The molecule has 0 atom stereocenters. The number of piperidine rings is 1. The lowest BCUT2D eigenvalue weighted by Gasteiger charge is -2.49. The summed E-state index contributed by atoms with van der Waals surface area (Å²) in [5, 5.41) is 11.0. The Bertz CT molecular complexity index is 683. The molecule has 0 radical (unpaired) electrons. The van der Waals surface area contributed by atoms with Crippen molar-refractivity contribution in [1.29, 1.82) is 0 Å². The highest BCUT2D eigenvalue weighted by atomic mass is 16.5. The lowest BCUT2D eigenvalue weighted by atomic mass is 9.63. The van der Waals surface area contributed by atoms with Crippen LogP contribution in [0.3, 0.4) is 0 Å². The van der Waals surface area contributed by atoms with Crippen molar-refractivity contribution >= 4 is 0 Å². The molecule has 134 valence electrons. The third-order valence-corrected chi connectivity index (χ3v) is 5.75. The number of nitrogens with zero attached hydrogens (tertiary/aromatic N) is 1. The highest BCUT2D eigenvalue weighted by molar-refractivity contribution is 5.37. The average Bonchev–Trinajstić information content (AvgIpc) is 2.62. The van der Waals surface area contributed by atoms with E-state index in [0.717, 1.165) is 38.2 Å². The van der Waals surface area contributed by atoms with Gasteiger partial charge >= 0.3 is 0 Å². The van der Waals surface area contributed by atoms with Gasteiger partial charge in [-0.25, -0.2) is 0 Å². The van der Waals surface area contributed by atoms with Gasteiger partial charge in [0.05, 0.1) is 12.7 Å². The van der Waals surface area contributed by atoms with Crippen molar-refractivity contribution in [2.45, 2.75) is 44.2 Å². The monoisotopic (exact) mass is 339 g/mol. The molecule has 1 fully saturated rings. The second kappa shape index (κ2) is 7.19. The van der Waals surface area contributed by atoms with Crippen LogP contribution in [0.15, 0.2) is 54.6 Å². The summed E-state index contributed by atoms with van der Waals surface area (Å²) in [7, 11) is 1.69. The first-order valence-electron chi connectivity index (χ1n) is 9.08. The summed E-state index contributed by atoms with van der Waals surface area (Å²) in [5.74, 6) is 0.854. The number of rotatable bonds is 5. The standard InChI is InChI=1S/C22H29NO2/c1-21(2,24)22(19-10-7-11-20(16-19)25-3)12-14-23(15-13-22)17-18-8-5-4-6-9-18/h4-11,16,24H,12-15,17H2,1-3H3.